The van der Waals surface area contributed by atoms with Gasteiger partial charge in [-0.3, -0.25) is 14.4 Å². The van der Waals surface area contributed by atoms with Gasteiger partial charge in [0.1, 0.15) is 6.61 Å². The van der Waals surface area contributed by atoms with Crippen LogP contribution in [0.4, 0.5) is 10.8 Å². The monoisotopic (exact) mass is 494 g/mol. The molecule has 0 saturated carbocycles. The maximum atomic E-state index is 12.5. The van der Waals surface area contributed by atoms with E-state index in [1.54, 1.807) is 21.2 Å². The maximum absolute atomic E-state index is 12.5. The number of benzene rings is 2. The first-order chi connectivity index (χ1) is 16.3. The van der Waals surface area contributed by atoms with Crippen molar-refractivity contribution in [1.82, 2.24) is 14.8 Å². The lowest BCUT2D eigenvalue weighted by atomic mass is 10.1. The predicted octanol–water partition coefficient (Wildman–Crippen LogP) is 5.70. The molecule has 0 aliphatic rings. The fraction of sp³-hybridized carbons (Fsp3) is 0.200. The zero-order valence-corrected chi connectivity index (χ0v) is 20.6. The highest BCUT2D eigenvalue weighted by Gasteiger charge is 2.20. The van der Waals surface area contributed by atoms with Gasteiger partial charge in [-0.15, -0.1) is 11.3 Å². The number of esters is 1. The number of halogens is 1. The largest absolute Gasteiger partial charge is 0.455 e. The molecule has 174 valence electrons. The minimum absolute atomic E-state index is 0.0103. The SMILES string of the molecule is CC(=O)N(c1nc(COC(=O)c2cnn(Cc3ccccc3Cl)c2)cs1)c1ccc(C)cc1C. The Hall–Kier alpha value is -3.49. The first kappa shape index (κ1) is 23.7. The van der Waals surface area contributed by atoms with Crippen molar-refractivity contribution in [3.8, 4) is 0 Å². The fourth-order valence-corrected chi connectivity index (χ4v) is 4.57. The van der Waals surface area contributed by atoms with Crippen LogP contribution in [-0.4, -0.2) is 26.6 Å². The molecule has 0 atom stereocenters. The second kappa shape index (κ2) is 10.2. The molecular weight excluding hydrogens is 472 g/mol. The quantitative estimate of drug-likeness (QED) is 0.308. The number of carbonyl (C=O) groups excluding carboxylic acids is 2. The Labute approximate surface area is 206 Å². The van der Waals surface area contributed by atoms with Gasteiger partial charge in [-0.05, 0) is 37.1 Å². The average molecular weight is 495 g/mol. The highest BCUT2D eigenvalue weighted by Crippen LogP contribution is 2.32. The van der Waals surface area contributed by atoms with E-state index in [0.717, 1.165) is 22.4 Å². The number of ether oxygens (including phenoxy) is 1. The van der Waals surface area contributed by atoms with Gasteiger partial charge in [0, 0.05) is 23.5 Å². The van der Waals surface area contributed by atoms with Crippen LogP contribution >= 0.6 is 22.9 Å². The van der Waals surface area contributed by atoms with Gasteiger partial charge in [-0.25, -0.2) is 9.78 Å². The summed E-state index contributed by atoms with van der Waals surface area (Å²) in [5.41, 5.74) is 4.68. The number of anilines is 2. The molecule has 4 aromatic rings. The van der Waals surface area contributed by atoms with Gasteiger partial charge in [-0.2, -0.15) is 5.10 Å². The number of aromatic nitrogens is 3. The molecule has 0 aliphatic carbocycles. The lowest BCUT2D eigenvalue weighted by Gasteiger charge is -2.20. The molecular formula is C25H23ClN4O3S. The third-order valence-electron chi connectivity index (χ3n) is 5.15. The standard InChI is InChI=1S/C25H23ClN4O3S/c1-16-8-9-23(17(2)10-16)30(18(3)31)25-28-21(15-34-25)14-33-24(32)20-11-27-29(13-20)12-19-6-4-5-7-22(19)26/h4-11,13,15H,12,14H2,1-3H3. The van der Waals surface area contributed by atoms with Crippen LogP contribution in [0.5, 0.6) is 0 Å². The van der Waals surface area contributed by atoms with Crippen LogP contribution in [0.1, 0.15) is 39.7 Å². The number of hydrogen-bond donors (Lipinski definition) is 0. The molecule has 0 bridgehead atoms. The van der Waals surface area contributed by atoms with Crippen LogP contribution in [0.3, 0.4) is 0 Å². The van der Waals surface area contributed by atoms with Crippen molar-refractivity contribution in [2.75, 3.05) is 4.90 Å². The van der Waals surface area contributed by atoms with E-state index in [1.165, 1.54) is 24.5 Å². The smallest absolute Gasteiger partial charge is 0.341 e. The van der Waals surface area contributed by atoms with Crippen LogP contribution in [-0.2, 0) is 22.7 Å². The summed E-state index contributed by atoms with van der Waals surface area (Å²) in [4.78, 5) is 31.0. The van der Waals surface area contributed by atoms with Crippen LogP contribution in [0.2, 0.25) is 5.02 Å². The Morgan fingerprint density at radius 2 is 1.97 bits per heavy atom. The number of thiazole rings is 1. The molecule has 0 spiro atoms. The minimum Gasteiger partial charge on any atom is -0.455 e. The fourth-order valence-electron chi connectivity index (χ4n) is 3.51. The molecule has 1 amide bonds. The van der Waals surface area contributed by atoms with Crippen molar-refractivity contribution in [2.24, 2.45) is 0 Å². The van der Waals surface area contributed by atoms with E-state index in [2.05, 4.69) is 10.1 Å². The van der Waals surface area contributed by atoms with Gasteiger partial charge in [0.25, 0.3) is 0 Å². The summed E-state index contributed by atoms with van der Waals surface area (Å²) in [5.74, 6) is -0.645. The Morgan fingerprint density at radius 1 is 1.18 bits per heavy atom. The lowest BCUT2D eigenvalue weighted by molar-refractivity contribution is -0.115. The maximum Gasteiger partial charge on any atom is 0.341 e. The molecule has 0 aliphatic heterocycles. The zero-order chi connectivity index (χ0) is 24.2. The van der Waals surface area contributed by atoms with Gasteiger partial charge in [0.15, 0.2) is 5.13 Å². The number of rotatable bonds is 7. The molecule has 0 saturated heterocycles. The highest BCUT2D eigenvalue weighted by molar-refractivity contribution is 7.14. The first-order valence-corrected chi connectivity index (χ1v) is 11.8. The van der Waals surface area contributed by atoms with E-state index in [0.29, 0.717) is 28.0 Å². The summed E-state index contributed by atoms with van der Waals surface area (Å²) >= 11 is 7.52. The number of aryl methyl sites for hydroxylation is 2. The summed E-state index contributed by atoms with van der Waals surface area (Å²) in [6, 6.07) is 13.4. The van der Waals surface area contributed by atoms with Crippen molar-refractivity contribution in [1.29, 1.82) is 0 Å². The van der Waals surface area contributed by atoms with Crippen molar-refractivity contribution in [2.45, 2.75) is 33.9 Å². The van der Waals surface area contributed by atoms with Crippen molar-refractivity contribution in [3.05, 3.63) is 93.2 Å². The number of nitrogens with zero attached hydrogens (tertiary/aromatic N) is 4. The van der Waals surface area contributed by atoms with Crippen molar-refractivity contribution in [3.63, 3.8) is 0 Å². The van der Waals surface area contributed by atoms with Gasteiger partial charge >= 0.3 is 5.97 Å². The van der Waals surface area contributed by atoms with E-state index >= 15 is 0 Å². The second-order valence-corrected chi connectivity index (χ2v) is 9.10. The second-order valence-electron chi connectivity index (χ2n) is 7.86. The molecule has 2 aromatic heterocycles. The Kier molecular flexibility index (Phi) is 7.09. The minimum atomic E-state index is -0.502. The molecule has 0 fully saturated rings. The lowest BCUT2D eigenvalue weighted by Crippen LogP contribution is -2.23. The summed E-state index contributed by atoms with van der Waals surface area (Å²) in [6.45, 7) is 5.90. The third kappa shape index (κ3) is 5.35. The van der Waals surface area contributed by atoms with Gasteiger partial charge in [0.2, 0.25) is 5.91 Å². The molecule has 4 rings (SSSR count). The third-order valence-corrected chi connectivity index (χ3v) is 6.39. The van der Waals surface area contributed by atoms with Crippen molar-refractivity contribution < 1.29 is 14.3 Å². The van der Waals surface area contributed by atoms with Crippen LogP contribution in [0.15, 0.2) is 60.2 Å². The van der Waals surface area contributed by atoms with Gasteiger partial charge < -0.3 is 4.74 Å². The summed E-state index contributed by atoms with van der Waals surface area (Å²) in [7, 11) is 0. The van der Waals surface area contributed by atoms with Crippen LogP contribution in [0.25, 0.3) is 0 Å². The normalized spacial score (nSPS) is 10.8. The molecule has 0 unspecified atom stereocenters. The van der Waals surface area contributed by atoms with E-state index in [4.69, 9.17) is 16.3 Å². The van der Waals surface area contributed by atoms with Crippen molar-refractivity contribution >= 4 is 45.6 Å². The number of amides is 1. The summed E-state index contributed by atoms with van der Waals surface area (Å²) < 4.78 is 7.05. The van der Waals surface area contributed by atoms with E-state index in [-0.39, 0.29) is 12.5 Å². The summed E-state index contributed by atoms with van der Waals surface area (Å²) in [6.07, 6.45) is 3.08. The molecule has 34 heavy (non-hydrogen) atoms. The molecule has 2 heterocycles. The highest BCUT2D eigenvalue weighted by atomic mass is 35.5. The van der Waals surface area contributed by atoms with E-state index in [1.807, 2.05) is 56.3 Å². The van der Waals surface area contributed by atoms with E-state index in [9.17, 15) is 9.59 Å². The Bertz CT molecular complexity index is 1350. The van der Waals surface area contributed by atoms with Gasteiger partial charge in [0.05, 0.1) is 29.7 Å². The summed E-state index contributed by atoms with van der Waals surface area (Å²) in [5, 5.41) is 7.17. The number of carbonyl (C=O) groups is 2. The Balaban J connectivity index is 1.41. The Morgan fingerprint density at radius 3 is 2.71 bits per heavy atom. The molecule has 0 N–H and O–H groups in total. The average Bonchev–Trinajstić information content (AvgIpc) is 3.45. The number of hydrogen-bond acceptors (Lipinski definition) is 6. The van der Waals surface area contributed by atoms with Gasteiger partial charge in [-0.1, -0.05) is 47.5 Å². The first-order valence-electron chi connectivity index (χ1n) is 10.6. The molecule has 0 radical (unpaired) electrons. The van der Waals surface area contributed by atoms with E-state index < -0.39 is 5.97 Å². The zero-order valence-electron chi connectivity index (χ0n) is 19.0. The molecule has 2 aromatic carbocycles. The molecule has 9 heteroatoms. The topological polar surface area (TPSA) is 77.3 Å². The van der Waals surface area contributed by atoms with Crippen LogP contribution < -0.4 is 4.90 Å². The molecule has 7 nitrogen and oxygen atoms in total. The predicted molar refractivity (Wildman–Crippen MR) is 133 cm³/mol. The van der Waals surface area contributed by atoms with Crippen LogP contribution in [0, 0.1) is 13.8 Å².